The second-order valence-corrected chi connectivity index (χ2v) is 8.75. The van der Waals surface area contributed by atoms with Crippen LogP contribution in [-0.2, 0) is 10.4 Å². The molecule has 5 nitrogen and oxygen atoms in total. The van der Waals surface area contributed by atoms with E-state index in [1.165, 1.54) is 0 Å². The fourth-order valence-corrected chi connectivity index (χ4v) is 4.90. The highest BCUT2D eigenvalue weighted by Crippen LogP contribution is 2.53. The van der Waals surface area contributed by atoms with Gasteiger partial charge in [-0.3, -0.25) is 0 Å². The SMILES string of the molecule is O=C(O[C@@H]1C[C@H]2CC[C@@H](C1)N2)c1c(-c2c(Cl)cccc2Cl)noc1C1(F)CC1. The maximum atomic E-state index is 14.9. The molecule has 0 radical (unpaired) electrons. The Morgan fingerprint density at radius 1 is 1.21 bits per heavy atom. The lowest BCUT2D eigenvalue weighted by Gasteiger charge is -2.28. The van der Waals surface area contributed by atoms with Gasteiger partial charge in [-0.05, 0) is 50.7 Å². The number of alkyl halides is 1. The average Bonchev–Trinajstić information content (AvgIpc) is 3.09. The number of carbonyl (C=O) groups excluding carboxylic acids is 1. The second kappa shape index (κ2) is 6.71. The lowest BCUT2D eigenvalue weighted by atomic mass is 10.0. The number of halogens is 3. The van der Waals surface area contributed by atoms with Crippen LogP contribution in [0.25, 0.3) is 11.3 Å². The number of rotatable bonds is 4. The van der Waals surface area contributed by atoms with Gasteiger partial charge in [-0.25, -0.2) is 9.18 Å². The number of nitrogens with zero attached hydrogens (tertiary/aromatic N) is 1. The van der Waals surface area contributed by atoms with E-state index >= 15 is 0 Å². The van der Waals surface area contributed by atoms with Gasteiger partial charge in [0.05, 0.1) is 10.0 Å². The van der Waals surface area contributed by atoms with Gasteiger partial charge in [0.1, 0.15) is 17.4 Å². The van der Waals surface area contributed by atoms with Crippen molar-refractivity contribution in [1.82, 2.24) is 10.5 Å². The number of piperidine rings is 1. The fraction of sp³-hybridized carbons (Fsp3) is 0.500. The average molecular weight is 425 g/mol. The van der Waals surface area contributed by atoms with Gasteiger partial charge in [0.2, 0.25) is 0 Å². The molecule has 2 aliphatic heterocycles. The first-order valence-corrected chi connectivity index (χ1v) is 10.3. The van der Waals surface area contributed by atoms with Crippen LogP contribution in [0.2, 0.25) is 10.0 Å². The summed E-state index contributed by atoms with van der Waals surface area (Å²) in [6.07, 6.45) is 4.05. The molecule has 0 unspecified atom stereocenters. The molecule has 0 amide bonds. The molecule has 3 atom stereocenters. The van der Waals surface area contributed by atoms with Crippen molar-refractivity contribution in [2.45, 2.75) is 62.4 Å². The molecule has 1 aromatic heterocycles. The number of aromatic nitrogens is 1. The van der Waals surface area contributed by atoms with Crippen molar-refractivity contribution >= 4 is 29.2 Å². The quantitative estimate of drug-likeness (QED) is 0.695. The number of ether oxygens (including phenoxy) is 1. The van der Waals surface area contributed by atoms with Crippen molar-refractivity contribution in [2.75, 3.05) is 0 Å². The molecule has 2 saturated heterocycles. The van der Waals surface area contributed by atoms with Gasteiger partial charge < -0.3 is 14.6 Å². The number of benzene rings is 1. The largest absolute Gasteiger partial charge is 0.459 e. The van der Waals surface area contributed by atoms with Crippen LogP contribution in [0.15, 0.2) is 22.7 Å². The van der Waals surface area contributed by atoms with Crippen molar-refractivity contribution in [2.24, 2.45) is 0 Å². The normalized spacial score (nSPS) is 27.6. The van der Waals surface area contributed by atoms with Gasteiger partial charge in [0.15, 0.2) is 11.4 Å². The first-order valence-electron chi connectivity index (χ1n) is 9.55. The maximum absolute atomic E-state index is 14.9. The first-order chi connectivity index (χ1) is 13.4. The molecule has 3 heterocycles. The molecule has 0 spiro atoms. The summed E-state index contributed by atoms with van der Waals surface area (Å²) in [6.45, 7) is 0. The van der Waals surface area contributed by atoms with Gasteiger partial charge in [-0.2, -0.15) is 0 Å². The van der Waals surface area contributed by atoms with E-state index in [1.807, 2.05) is 0 Å². The number of hydrogen-bond acceptors (Lipinski definition) is 5. The second-order valence-electron chi connectivity index (χ2n) is 7.93. The van der Waals surface area contributed by atoms with Crippen molar-refractivity contribution in [1.29, 1.82) is 0 Å². The summed E-state index contributed by atoms with van der Waals surface area (Å²) in [5.41, 5.74) is -1.19. The minimum Gasteiger partial charge on any atom is -0.459 e. The fourth-order valence-electron chi connectivity index (χ4n) is 4.33. The number of fused-ring (bicyclic) bond motifs is 2. The molecule has 2 aromatic rings. The summed E-state index contributed by atoms with van der Waals surface area (Å²) < 4.78 is 26.0. The Hall–Kier alpha value is -1.63. The van der Waals surface area contributed by atoms with E-state index in [0.717, 1.165) is 25.7 Å². The van der Waals surface area contributed by atoms with Crippen LogP contribution in [0.5, 0.6) is 0 Å². The highest BCUT2D eigenvalue weighted by molar-refractivity contribution is 6.39. The minimum atomic E-state index is -1.68. The van der Waals surface area contributed by atoms with Crippen LogP contribution in [0, 0.1) is 0 Å². The Labute approximate surface area is 171 Å². The minimum absolute atomic E-state index is 0.000814. The molecule has 5 rings (SSSR count). The monoisotopic (exact) mass is 424 g/mol. The van der Waals surface area contributed by atoms with E-state index < -0.39 is 11.6 Å². The molecule has 1 aliphatic carbocycles. The highest BCUT2D eigenvalue weighted by atomic mass is 35.5. The zero-order valence-electron chi connectivity index (χ0n) is 15.0. The van der Waals surface area contributed by atoms with Gasteiger partial charge in [0.25, 0.3) is 0 Å². The molecular weight excluding hydrogens is 406 g/mol. The van der Waals surface area contributed by atoms with E-state index in [1.54, 1.807) is 18.2 Å². The van der Waals surface area contributed by atoms with E-state index in [4.69, 9.17) is 32.5 Å². The first kappa shape index (κ1) is 18.4. The van der Waals surface area contributed by atoms with Crippen molar-refractivity contribution in [3.05, 3.63) is 39.6 Å². The van der Waals surface area contributed by atoms with Gasteiger partial charge in [0, 0.05) is 17.6 Å². The molecule has 3 fully saturated rings. The van der Waals surface area contributed by atoms with Crippen LogP contribution in [0.4, 0.5) is 4.39 Å². The van der Waals surface area contributed by atoms with Gasteiger partial charge >= 0.3 is 5.97 Å². The zero-order valence-corrected chi connectivity index (χ0v) is 16.5. The smallest absolute Gasteiger partial charge is 0.344 e. The summed E-state index contributed by atoms with van der Waals surface area (Å²) in [6, 6.07) is 5.70. The molecule has 28 heavy (non-hydrogen) atoms. The summed E-state index contributed by atoms with van der Waals surface area (Å²) in [5, 5.41) is 8.10. The van der Waals surface area contributed by atoms with Crippen molar-refractivity contribution in [3.8, 4) is 11.3 Å². The predicted octanol–water partition coefficient (Wildman–Crippen LogP) is 5.05. The third-order valence-corrected chi connectivity index (χ3v) is 6.53. The molecule has 1 aromatic carbocycles. The Morgan fingerprint density at radius 2 is 1.86 bits per heavy atom. The predicted molar refractivity (Wildman–Crippen MR) is 102 cm³/mol. The molecule has 2 bridgehead atoms. The Kier molecular flexibility index (Phi) is 4.41. The molecule has 3 aliphatic rings. The standard InChI is InChI=1S/C20H19Cl2FN2O3/c21-13-2-1-3-14(22)15(13)17-16(18(28-25-17)20(23)6-7-20)19(26)27-12-8-10-4-5-11(9-12)24-10/h1-3,10-12,24H,4-9H2/t10-,11+,12-. The highest BCUT2D eigenvalue weighted by Gasteiger charge is 2.53. The summed E-state index contributed by atoms with van der Waals surface area (Å²) in [4.78, 5) is 13.1. The molecule has 1 N–H and O–H groups in total. The van der Waals surface area contributed by atoms with Crippen LogP contribution in [0.3, 0.4) is 0 Å². The van der Waals surface area contributed by atoms with Gasteiger partial charge in [-0.15, -0.1) is 0 Å². The van der Waals surface area contributed by atoms with Crippen LogP contribution in [0.1, 0.15) is 54.6 Å². The van der Waals surface area contributed by atoms with Crippen LogP contribution in [-0.4, -0.2) is 29.3 Å². The Bertz CT molecular complexity index is 911. The third kappa shape index (κ3) is 3.11. The summed E-state index contributed by atoms with van der Waals surface area (Å²) in [5.74, 6) is -0.710. The van der Waals surface area contributed by atoms with E-state index in [-0.39, 0.29) is 36.0 Å². The molecule has 8 heteroatoms. The van der Waals surface area contributed by atoms with Gasteiger partial charge in [-0.1, -0.05) is 34.4 Å². The maximum Gasteiger partial charge on any atom is 0.344 e. The van der Waals surface area contributed by atoms with E-state index in [9.17, 15) is 9.18 Å². The molecule has 1 saturated carbocycles. The zero-order chi connectivity index (χ0) is 19.5. The van der Waals surface area contributed by atoms with E-state index in [2.05, 4.69) is 10.5 Å². The summed E-state index contributed by atoms with van der Waals surface area (Å²) >= 11 is 12.6. The van der Waals surface area contributed by atoms with E-state index in [0.29, 0.717) is 27.7 Å². The lowest BCUT2D eigenvalue weighted by Crippen LogP contribution is -2.42. The number of carbonyl (C=O) groups is 1. The third-order valence-electron chi connectivity index (χ3n) is 5.90. The van der Waals surface area contributed by atoms with Crippen LogP contribution >= 0.6 is 23.2 Å². The Morgan fingerprint density at radius 3 is 2.46 bits per heavy atom. The number of nitrogens with one attached hydrogen (secondary N) is 1. The molecular formula is C20H19Cl2FN2O3. The number of hydrogen-bond donors (Lipinski definition) is 1. The Balaban J connectivity index is 1.52. The molecule has 148 valence electrons. The lowest BCUT2D eigenvalue weighted by molar-refractivity contribution is 0.0172. The summed E-state index contributed by atoms with van der Waals surface area (Å²) in [7, 11) is 0. The number of esters is 1. The van der Waals surface area contributed by atoms with Crippen LogP contribution < -0.4 is 5.32 Å². The topological polar surface area (TPSA) is 64.4 Å². The van der Waals surface area contributed by atoms with Crippen molar-refractivity contribution < 1.29 is 18.4 Å². The van der Waals surface area contributed by atoms with Crippen molar-refractivity contribution in [3.63, 3.8) is 0 Å².